The fraction of sp³-hybridized carbons (Fsp3) is 1.00. The van der Waals surface area contributed by atoms with Gasteiger partial charge in [0.2, 0.25) is 10.0 Å². The Bertz CT molecular complexity index is 229. The second-order valence-corrected chi connectivity index (χ2v) is 5.93. The van der Waals surface area contributed by atoms with Crippen LogP contribution in [0.1, 0.15) is 13.8 Å². The normalized spacial score (nSPS) is 14.2. The Hall–Kier alpha value is 0.220. The number of hydrogen-bond acceptors (Lipinski definition) is 4. The van der Waals surface area contributed by atoms with Crippen LogP contribution >= 0.6 is 11.8 Å². The minimum Gasteiger partial charge on any atom is -0.316 e. The van der Waals surface area contributed by atoms with E-state index in [1.807, 2.05) is 20.1 Å². The summed E-state index contributed by atoms with van der Waals surface area (Å²) < 4.78 is 25.5. The molecular formula is C8H20N2O2S2. The van der Waals surface area contributed by atoms with E-state index < -0.39 is 10.0 Å². The first kappa shape index (κ1) is 14.2. The summed E-state index contributed by atoms with van der Waals surface area (Å²) in [6.07, 6.45) is 1.96. The molecule has 0 spiro atoms. The van der Waals surface area contributed by atoms with Gasteiger partial charge >= 0.3 is 0 Å². The van der Waals surface area contributed by atoms with Crippen LogP contribution in [0.4, 0.5) is 0 Å². The van der Waals surface area contributed by atoms with Crippen LogP contribution in [0.5, 0.6) is 0 Å². The first-order chi connectivity index (χ1) is 6.52. The predicted molar refractivity (Wildman–Crippen MR) is 63.3 cm³/mol. The van der Waals surface area contributed by atoms with E-state index in [0.29, 0.717) is 6.54 Å². The van der Waals surface area contributed by atoms with Crippen LogP contribution < -0.4 is 10.0 Å². The van der Waals surface area contributed by atoms with Crippen molar-refractivity contribution in [3.05, 3.63) is 0 Å². The summed E-state index contributed by atoms with van der Waals surface area (Å²) in [6.45, 7) is 5.14. The van der Waals surface area contributed by atoms with Gasteiger partial charge in [-0.05, 0) is 19.7 Å². The Morgan fingerprint density at radius 1 is 1.43 bits per heavy atom. The number of thioether (sulfide) groups is 1. The molecule has 0 aromatic rings. The lowest BCUT2D eigenvalue weighted by molar-refractivity contribution is 0.567. The van der Waals surface area contributed by atoms with Crippen molar-refractivity contribution in [3.63, 3.8) is 0 Å². The molecule has 0 aromatic carbocycles. The zero-order valence-electron chi connectivity index (χ0n) is 9.04. The highest BCUT2D eigenvalue weighted by Gasteiger charge is 2.12. The van der Waals surface area contributed by atoms with Gasteiger partial charge in [0.15, 0.2) is 0 Å². The largest absolute Gasteiger partial charge is 0.316 e. The Kier molecular flexibility index (Phi) is 7.62. The second kappa shape index (κ2) is 7.50. The van der Waals surface area contributed by atoms with Gasteiger partial charge in [-0.1, -0.05) is 6.92 Å². The quantitative estimate of drug-likeness (QED) is 0.598. The van der Waals surface area contributed by atoms with E-state index in [0.717, 1.165) is 12.3 Å². The van der Waals surface area contributed by atoms with E-state index in [2.05, 4.69) is 10.0 Å². The van der Waals surface area contributed by atoms with Crippen molar-refractivity contribution in [1.29, 1.82) is 0 Å². The highest BCUT2D eigenvalue weighted by molar-refractivity contribution is 7.98. The van der Waals surface area contributed by atoms with Gasteiger partial charge in [-0.25, -0.2) is 13.1 Å². The van der Waals surface area contributed by atoms with E-state index >= 15 is 0 Å². The van der Waals surface area contributed by atoms with Crippen molar-refractivity contribution in [1.82, 2.24) is 10.0 Å². The number of nitrogens with one attached hydrogen (secondary N) is 2. The third-order valence-corrected chi connectivity index (χ3v) is 3.93. The molecule has 0 heterocycles. The zero-order chi connectivity index (χ0) is 11.0. The SMILES string of the molecule is CCNCCS(=O)(=O)NC(C)CSC. The summed E-state index contributed by atoms with van der Waals surface area (Å²) >= 11 is 1.64. The maximum absolute atomic E-state index is 11.4. The van der Waals surface area contributed by atoms with Crippen LogP contribution in [-0.4, -0.2) is 45.3 Å². The summed E-state index contributed by atoms with van der Waals surface area (Å²) in [6, 6.07) is 0.0108. The van der Waals surface area contributed by atoms with E-state index in [1.54, 1.807) is 11.8 Å². The van der Waals surface area contributed by atoms with Crippen molar-refractivity contribution < 1.29 is 8.42 Å². The van der Waals surface area contributed by atoms with Gasteiger partial charge in [0.25, 0.3) is 0 Å². The van der Waals surface area contributed by atoms with Crippen LogP contribution in [0.3, 0.4) is 0 Å². The fourth-order valence-electron chi connectivity index (χ4n) is 1.03. The van der Waals surface area contributed by atoms with Crippen molar-refractivity contribution in [2.24, 2.45) is 0 Å². The molecule has 0 aromatic heterocycles. The van der Waals surface area contributed by atoms with E-state index in [4.69, 9.17) is 0 Å². The third-order valence-electron chi connectivity index (χ3n) is 1.59. The minimum absolute atomic E-state index is 0.0108. The summed E-state index contributed by atoms with van der Waals surface area (Å²) in [4.78, 5) is 0. The lowest BCUT2D eigenvalue weighted by atomic mass is 10.4. The van der Waals surface area contributed by atoms with Gasteiger partial charge in [0, 0.05) is 18.3 Å². The van der Waals surface area contributed by atoms with Crippen LogP contribution in [-0.2, 0) is 10.0 Å². The van der Waals surface area contributed by atoms with Gasteiger partial charge in [0.05, 0.1) is 5.75 Å². The molecule has 4 nitrogen and oxygen atoms in total. The maximum atomic E-state index is 11.4. The average Bonchev–Trinajstić information content (AvgIpc) is 2.03. The summed E-state index contributed by atoms with van der Waals surface area (Å²) in [7, 11) is -3.10. The topological polar surface area (TPSA) is 58.2 Å². The van der Waals surface area contributed by atoms with Crippen LogP contribution in [0, 0.1) is 0 Å². The van der Waals surface area contributed by atoms with E-state index in [9.17, 15) is 8.42 Å². The molecule has 0 radical (unpaired) electrons. The molecule has 2 N–H and O–H groups in total. The molecule has 1 atom stereocenters. The number of rotatable bonds is 8. The molecule has 14 heavy (non-hydrogen) atoms. The molecule has 0 amide bonds. The second-order valence-electron chi connectivity index (χ2n) is 3.15. The minimum atomic E-state index is -3.10. The first-order valence-corrected chi connectivity index (χ1v) is 7.76. The first-order valence-electron chi connectivity index (χ1n) is 4.71. The zero-order valence-corrected chi connectivity index (χ0v) is 10.7. The summed E-state index contributed by atoms with van der Waals surface area (Å²) in [5.74, 6) is 0.958. The van der Waals surface area contributed by atoms with Gasteiger partial charge in [-0.3, -0.25) is 0 Å². The average molecular weight is 240 g/mol. The highest BCUT2D eigenvalue weighted by Crippen LogP contribution is 1.98. The van der Waals surface area contributed by atoms with Gasteiger partial charge in [-0.15, -0.1) is 0 Å². The third kappa shape index (κ3) is 7.61. The van der Waals surface area contributed by atoms with Crippen molar-refractivity contribution in [3.8, 4) is 0 Å². The van der Waals surface area contributed by atoms with E-state index in [-0.39, 0.29) is 11.8 Å². The lowest BCUT2D eigenvalue weighted by Crippen LogP contribution is -2.38. The molecule has 0 saturated heterocycles. The summed E-state index contributed by atoms with van der Waals surface area (Å²) in [5, 5.41) is 2.99. The molecular weight excluding hydrogens is 220 g/mol. The molecule has 0 rings (SSSR count). The van der Waals surface area contributed by atoms with Crippen LogP contribution in [0.25, 0.3) is 0 Å². The lowest BCUT2D eigenvalue weighted by Gasteiger charge is -2.12. The molecule has 1 unspecified atom stereocenters. The van der Waals surface area contributed by atoms with Gasteiger partial charge in [-0.2, -0.15) is 11.8 Å². The molecule has 0 fully saturated rings. The Morgan fingerprint density at radius 2 is 2.07 bits per heavy atom. The monoisotopic (exact) mass is 240 g/mol. The number of hydrogen-bond donors (Lipinski definition) is 2. The molecule has 0 bridgehead atoms. The molecule has 0 aliphatic heterocycles. The highest BCUT2D eigenvalue weighted by atomic mass is 32.2. The van der Waals surface area contributed by atoms with Gasteiger partial charge < -0.3 is 5.32 Å². The number of sulfonamides is 1. The Balaban J connectivity index is 3.82. The molecule has 0 aliphatic rings. The van der Waals surface area contributed by atoms with Crippen molar-refractivity contribution in [2.45, 2.75) is 19.9 Å². The predicted octanol–water partition coefficient (Wildman–Crippen LogP) is 0.267. The maximum Gasteiger partial charge on any atom is 0.213 e. The molecule has 86 valence electrons. The fourth-order valence-corrected chi connectivity index (χ4v) is 2.95. The molecule has 6 heteroatoms. The van der Waals surface area contributed by atoms with Crippen molar-refractivity contribution in [2.75, 3.05) is 30.9 Å². The Labute approximate surface area is 91.3 Å². The smallest absolute Gasteiger partial charge is 0.213 e. The molecule has 0 saturated carbocycles. The Morgan fingerprint density at radius 3 is 2.57 bits per heavy atom. The van der Waals surface area contributed by atoms with Crippen LogP contribution in [0.2, 0.25) is 0 Å². The standard InChI is InChI=1S/C8H20N2O2S2/c1-4-9-5-6-14(11,12)10-8(2)7-13-3/h8-10H,4-7H2,1-3H3. The molecule has 0 aliphatic carbocycles. The van der Waals surface area contributed by atoms with Crippen molar-refractivity contribution >= 4 is 21.8 Å². The van der Waals surface area contributed by atoms with Crippen LogP contribution in [0.15, 0.2) is 0 Å². The summed E-state index contributed by atoms with van der Waals surface area (Å²) in [5.41, 5.74) is 0. The van der Waals surface area contributed by atoms with Gasteiger partial charge in [0.1, 0.15) is 0 Å². The van der Waals surface area contributed by atoms with E-state index in [1.165, 1.54) is 0 Å².